The van der Waals surface area contributed by atoms with Crippen molar-refractivity contribution in [2.75, 3.05) is 19.0 Å². The Kier molecular flexibility index (Phi) is 3.11. The molecule has 1 N–H and O–H groups in total. The Morgan fingerprint density at radius 3 is 2.25 bits per heavy atom. The fraction of sp³-hybridized carbons (Fsp3) is 0.300. The van der Waals surface area contributed by atoms with Gasteiger partial charge in [0.25, 0.3) is 0 Å². The van der Waals surface area contributed by atoms with Gasteiger partial charge in [0.15, 0.2) is 0 Å². The van der Waals surface area contributed by atoms with Crippen LogP contribution in [0.3, 0.4) is 0 Å². The van der Waals surface area contributed by atoms with Crippen LogP contribution in [-0.2, 0) is 6.18 Å². The van der Waals surface area contributed by atoms with Gasteiger partial charge in [0, 0.05) is 14.1 Å². The third kappa shape index (κ3) is 2.44. The van der Waals surface area contributed by atoms with Crippen LogP contribution in [0.2, 0.25) is 0 Å². The van der Waals surface area contributed by atoms with Gasteiger partial charge >= 0.3 is 12.1 Å². The molecule has 1 aromatic rings. The quantitative estimate of drug-likeness (QED) is 0.853. The highest BCUT2D eigenvalue weighted by Crippen LogP contribution is 2.32. The first-order valence-corrected chi connectivity index (χ1v) is 4.35. The minimum absolute atomic E-state index is 0.237. The van der Waals surface area contributed by atoms with Gasteiger partial charge in [-0.2, -0.15) is 13.2 Å². The summed E-state index contributed by atoms with van der Waals surface area (Å²) in [5.41, 5.74) is -1.09. The van der Waals surface area contributed by atoms with Crippen molar-refractivity contribution < 1.29 is 23.1 Å². The molecular formula is C10H10F3NO2. The van der Waals surface area contributed by atoms with Crippen LogP contribution in [0.4, 0.5) is 18.9 Å². The molecule has 16 heavy (non-hydrogen) atoms. The molecule has 1 aromatic carbocycles. The SMILES string of the molecule is CN(C)c1ccc(C(F)(F)F)cc1C(=O)O. The maximum Gasteiger partial charge on any atom is 0.416 e. The number of hydrogen-bond acceptors (Lipinski definition) is 2. The van der Waals surface area contributed by atoms with E-state index >= 15 is 0 Å². The lowest BCUT2D eigenvalue weighted by Gasteiger charge is -2.17. The Balaban J connectivity index is 3.34. The van der Waals surface area contributed by atoms with Crippen LogP contribution < -0.4 is 4.90 Å². The molecule has 0 fully saturated rings. The van der Waals surface area contributed by atoms with E-state index in [0.717, 1.165) is 12.1 Å². The van der Waals surface area contributed by atoms with E-state index < -0.39 is 17.7 Å². The number of alkyl halides is 3. The summed E-state index contributed by atoms with van der Waals surface area (Å²) in [6.07, 6.45) is -4.53. The van der Waals surface area contributed by atoms with Crippen LogP contribution >= 0.6 is 0 Å². The Morgan fingerprint density at radius 1 is 1.31 bits per heavy atom. The zero-order chi connectivity index (χ0) is 12.5. The molecule has 0 unspecified atom stereocenters. The van der Waals surface area contributed by atoms with E-state index in [4.69, 9.17) is 5.11 Å². The minimum atomic E-state index is -4.53. The largest absolute Gasteiger partial charge is 0.478 e. The first-order chi connectivity index (χ1) is 7.23. The number of carbonyl (C=O) groups is 1. The van der Waals surface area contributed by atoms with Gasteiger partial charge in [-0.3, -0.25) is 0 Å². The van der Waals surface area contributed by atoms with Gasteiger partial charge < -0.3 is 10.0 Å². The second-order valence-corrected chi connectivity index (χ2v) is 3.43. The van der Waals surface area contributed by atoms with Crippen molar-refractivity contribution >= 4 is 11.7 Å². The number of benzene rings is 1. The number of anilines is 1. The third-order valence-corrected chi connectivity index (χ3v) is 2.04. The summed E-state index contributed by atoms with van der Waals surface area (Å²) in [7, 11) is 3.13. The van der Waals surface area contributed by atoms with Gasteiger partial charge in [0.05, 0.1) is 16.8 Å². The predicted octanol–water partition coefficient (Wildman–Crippen LogP) is 2.47. The van der Waals surface area contributed by atoms with E-state index in [9.17, 15) is 18.0 Å². The Bertz CT molecular complexity index is 413. The molecule has 0 atom stereocenters. The van der Waals surface area contributed by atoms with Crippen molar-refractivity contribution in [3.8, 4) is 0 Å². The van der Waals surface area contributed by atoms with Crippen molar-refractivity contribution in [3.05, 3.63) is 29.3 Å². The van der Waals surface area contributed by atoms with Gasteiger partial charge in [-0.25, -0.2) is 4.79 Å². The highest BCUT2D eigenvalue weighted by Gasteiger charge is 2.31. The van der Waals surface area contributed by atoms with Gasteiger partial charge in [-0.05, 0) is 18.2 Å². The van der Waals surface area contributed by atoms with Gasteiger partial charge in [0.1, 0.15) is 0 Å². The first kappa shape index (κ1) is 12.4. The molecular weight excluding hydrogens is 223 g/mol. The molecule has 1 rings (SSSR count). The van der Waals surface area contributed by atoms with E-state index in [2.05, 4.69) is 0 Å². The molecule has 0 heterocycles. The molecule has 0 bridgehead atoms. The van der Waals surface area contributed by atoms with E-state index in [0.29, 0.717) is 6.07 Å². The molecule has 6 heteroatoms. The number of carboxylic acid groups (broad SMARTS) is 1. The average Bonchev–Trinajstić information content (AvgIpc) is 2.15. The molecule has 0 aromatic heterocycles. The van der Waals surface area contributed by atoms with Crippen LogP contribution in [0, 0.1) is 0 Å². The standard InChI is InChI=1S/C10H10F3NO2/c1-14(2)8-4-3-6(10(11,12)13)5-7(8)9(15)16/h3-5H,1-2H3,(H,15,16). The van der Waals surface area contributed by atoms with E-state index in [-0.39, 0.29) is 11.3 Å². The Hall–Kier alpha value is -1.72. The number of hydrogen-bond donors (Lipinski definition) is 1. The summed E-state index contributed by atoms with van der Waals surface area (Å²) in [5, 5.41) is 8.81. The van der Waals surface area contributed by atoms with Gasteiger partial charge in [-0.15, -0.1) is 0 Å². The lowest BCUT2D eigenvalue weighted by Crippen LogP contribution is -2.15. The average molecular weight is 233 g/mol. The number of nitrogens with zero attached hydrogens (tertiary/aromatic N) is 1. The maximum absolute atomic E-state index is 12.4. The smallest absolute Gasteiger partial charge is 0.416 e. The fourth-order valence-electron chi connectivity index (χ4n) is 1.27. The van der Waals surface area contributed by atoms with Crippen LogP contribution in [0.15, 0.2) is 18.2 Å². The molecule has 0 aliphatic rings. The summed E-state index contributed by atoms with van der Waals surface area (Å²) >= 11 is 0. The first-order valence-electron chi connectivity index (χ1n) is 4.35. The van der Waals surface area contributed by atoms with Crippen molar-refractivity contribution in [2.24, 2.45) is 0 Å². The topological polar surface area (TPSA) is 40.5 Å². The van der Waals surface area contributed by atoms with E-state index in [1.165, 1.54) is 4.90 Å². The van der Waals surface area contributed by atoms with Crippen molar-refractivity contribution in [3.63, 3.8) is 0 Å². The second-order valence-electron chi connectivity index (χ2n) is 3.43. The predicted molar refractivity (Wildman–Crippen MR) is 52.7 cm³/mol. The number of halogens is 3. The Morgan fingerprint density at radius 2 is 1.88 bits per heavy atom. The normalized spacial score (nSPS) is 11.3. The van der Waals surface area contributed by atoms with Crippen molar-refractivity contribution in [1.82, 2.24) is 0 Å². The molecule has 0 spiro atoms. The maximum atomic E-state index is 12.4. The summed E-state index contributed by atoms with van der Waals surface area (Å²) < 4.78 is 37.1. The molecule has 0 saturated heterocycles. The van der Waals surface area contributed by atoms with Crippen molar-refractivity contribution in [1.29, 1.82) is 0 Å². The number of rotatable bonds is 2. The molecule has 3 nitrogen and oxygen atoms in total. The van der Waals surface area contributed by atoms with E-state index in [1.807, 2.05) is 0 Å². The fourth-order valence-corrected chi connectivity index (χ4v) is 1.27. The molecule has 0 saturated carbocycles. The monoisotopic (exact) mass is 233 g/mol. The molecule has 0 amide bonds. The summed E-state index contributed by atoms with van der Waals surface area (Å²) in [6.45, 7) is 0. The second kappa shape index (κ2) is 4.03. The summed E-state index contributed by atoms with van der Waals surface area (Å²) in [6, 6.07) is 2.64. The molecule has 0 radical (unpaired) electrons. The number of aromatic carboxylic acids is 1. The van der Waals surface area contributed by atoms with Crippen molar-refractivity contribution in [2.45, 2.75) is 6.18 Å². The van der Waals surface area contributed by atoms with Crippen LogP contribution in [0.1, 0.15) is 15.9 Å². The summed E-state index contributed by atoms with van der Waals surface area (Å²) in [4.78, 5) is 12.3. The lowest BCUT2D eigenvalue weighted by atomic mass is 10.1. The summed E-state index contributed by atoms with van der Waals surface area (Å²) in [5.74, 6) is -1.38. The number of carboxylic acids is 1. The minimum Gasteiger partial charge on any atom is -0.478 e. The molecule has 88 valence electrons. The van der Waals surface area contributed by atoms with Gasteiger partial charge in [0.2, 0.25) is 0 Å². The highest BCUT2D eigenvalue weighted by molar-refractivity contribution is 5.94. The Labute approximate surface area is 90.1 Å². The van der Waals surface area contributed by atoms with Gasteiger partial charge in [-0.1, -0.05) is 0 Å². The van der Waals surface area contributed by atoms with E-state index in [1.54, 1.807) is 14.1 Å². The van der Waals surface area contributed by atoms with Crippen LogP contribution in [0.25, 0.3) is 0 Å². The zero-order valence-electron chi connectivity index (χ0n) is 8.67. The third-order valence-electron chi connectivity index (χ3n) is 2.04. The molecule has 0 aliphatic carbocycles. The zero-order valence-corrected chi connectivity index (χ0v) is 8.67. The highest BCUT2D eigenvalue weighted by atomic mass is 19.4. The lowest BCUT2D eigenvalue weighted by molar-refractivity contribution is -0.137. The van der Waals surface area contributed by atoms with Crippen LogP contribution in [0.5, 0.6) is 0 Å². The molecule has 0 aliphatic heterocycles. The van der Waals surface area contributed by atoms with Crippen LogP contribution in [-0.4, -0.2) is 25.2 Å².